The van der Waals surface area contributed by atoms with Gasteiger partial charge in [0.25, 0.3) is 0 Å². The number of rotatable bonds is 36. The Kier molecular flexibility index (Phi) is 29.2. The van der Waals surface area contributed by atoms with E-state index in [1.54, 1.807) is 0 Å². The van der Waals surface area contributed by atoms with Gasteiger partial charge in [-0.2, -0.15) is 0 Å². The standard InChI is InChI=1S/C48H94N2O3/c1-8-10-12-14-16-18-20-22-24-26-28-30-32-34-36-38-40-50-46(4,5)42-48(49-44(3)51,43-47(50,6)7)45(52)53-41-39-37-35-33-31-29-27-25-23-21-19-17-15-13-11-9-2/h8-43H2,1-7H3,(H,49,51). The number of unbranched alkanes of at least 4 members (excludes halogenated alkanes) is 30. The average Bonchev–Trinajstić information content (AvgIpc) is 3.09. The Balaban J connectivity index is 2.27. The van der Waals surface area contributed by atoms with Crippen molar-refractivity contribution < 1.29 is 14.3 Å². The number of amides is 1. The van der Waals surface area contributed by atoms with Gasteiger partial charge in [0, 0.05) is 18.0 Å². The molecule has 0 saturated carbocycles. The number of piperidine rings is 1. The molecule has 0 radical (unpaired) electrons. The summed E-state index contributed by atoms with van der Waals surface area (Å²) in [4.78, 5) is 28.8. The first-order valence-corrected chi connectivity index (χ1v) is 23.7. The van der Waals surface area contributed by atoms with Crippen LogP contribution in [0.3, 0.4) is 0 Å². The van der Waals surface area contributed by atoms with E-state index in [1.165, 1.54) is 200 Å². The summed E-state index contributed by atoms with van der Waals surface area (Å²) in [6.07, 6.45) is 44.4. The Bertz CT molecular complexity index is 866. The fourth-order valence-corrected chi connectivity index (χ4v) is 9.55. The number of nitrogens with zero attached hydrogens (tertiary/aromatic N) is 1. The van der Waals surface area contributed by atoms with Gasteiger partial charge in [0.15, 0.2) is 0 Å². The third-order valence-electron chi connectivity index (χ3n) is 12.2. The highest BCUT2D eigenvalue weighted by atomic mass is 16.5. The molecule has 0 aromatic carbocycles. The topological polar surface area (TPSA) is 58.6 Å². The summed E-state index contributed by atoms with van der Waals surface area (Å²) in [6, 6.07) is 0. The Morgan fingerprint density at radius 2 is 0.755 bits per heavy atom. The van der Waals surface area contributed by atoms with Gasteiger partial charge < -0.3 is 10.1 Å². The van der Waals surface area contributed by atoms with E-state index >= 15 is 0 Å². The number of carbonyl (C=O) groups excluding carboxylic acids is 2. The molecule has 0 aromatic heterocycles. The van der Waals surface area contributed by atoms with Gasteiger partial charge in [-0.1, -0.05) is 206 Å². The zero-order valence-corrected chi connectivity index (χ0v) is 37.1. The fourth-order valence-electron chi connectivity index (χ4n) is 9.55. The highest BCUT2D eigenvalue weighted by Crippen LogP contribution is 2.44. The zero-order valence-electron chi connectivity index (χ0n) is 37.1. The Morgan fingerprint density at radius 3 is 1.06 bits per heavy atom. The molecule has 0 aliphatic carbocycles. The number of hydrogen-bond donors (Lipinski definition) is 1. The van der Waals surface area contributed by atoms with Crippen molar-refractivity contribution in [1.82, 2.24) is 10.2 Å². The van der Waals surface area contributed by atoms with Crippen LogP contribution in [0.5, 0.6) is 0 Å². The fraction of sp³-hybridized carbons (Fsp3) is 0.958. The molecule has 5 heteroatoms. The number of hydrogen-bond acceptors (Lipinski definition) is 4. The summed E-state index contributed by atoms with van der Waals surface area (Å²) in [7, 11) is 0. The van der Waals surface area contributed by atoms with E-state index < -0.39 is 5.54 Å². The molecule has 5 nitrogen and oxygen atoms in total. The first-order valence-electron chi connectivity index (χ1n) is 23.7. The van der Waals surface area contributed by atoms with Crippen molar-refractivity contribution in [2.45, 2.75) is 283 Å². The second-order valence-corrected chi connectivity index (χ2v) is 18.6. The molecule has 1 heterocycles. The van der Waals surface area contributed by atoms with Crippen LogP contribution in [0.15, 0.2) is 0 Å². The molecular formula is C48H94N2O3. The molecule has 1 N–H and O–H groups in total. The SMILES string of the molecule is CCCCCCCCCCCCCCCCCCOC(=O)C1(NC(C)=O)CC(C)(C)N(CCCCCCCCCCCCCCCCCC)C(C)(C)C1. The van der Waals surface area contributed by atoms with Crippen molar-refractivity contribution in [1.29, 1.82) is 0 Å². The second-order valence-electron chi connectivity index (χ2n) is 18.6. The predicted molar refractivity (Wildman–Crippen MR) is 231 cm³/mol. The van der Waals surface area contributed by atoms with E-state index in [0.717, 1.165) is 19.4 Å². The van der Waals surface area contributed by atoms with Gasteiger partial charge in [-0.15, -0.1) is 0 Å². The highest BCUT2D eigenvalue weighted by Gasteiger charge is 2.56. The van der Waals surface area contributed by atoms with Gasteiger partial charge in [-0.25, -0.2) is 4.79 Å². The normalized spacial score (nSPS) is 16.5. The Labute approximate surface area is 332 Å². The van der Waals surface area contributed by atoms with Gasteiger partial charge in [-0.05, 0) is 59.9 Å². The van der Waals surface area contributed by atoms with Crippen LogP contribution >= 0.6 is 0 Å². The van der Waals surface area contributed by atoms with E-state index in [-0.39, 0.29) is 23.0 Å². The minimum atomic E-state index is -0.973. The lowest BCUT2D eigenvalue weighted by molar-refractivity contribution is -0.165. The van der Waals surface area contributed by atoms with Crippen molar-refractivity contribution in [2.75, 3.05) is 13.2 Å². The van der Waals surface area contributed by atoms with Crippen LogP contribution in [-0.4, -0.2) is 46.5 Å². The van der Waals surface area contributed by atoms with Gasteiger partial charge in [0.2, 0.25) is 5.91 Å². The predicted octanol–water partition coefficient (Wildman–Crippen LogP) is 14.6. The van der Waals surface area contributed by atoms with Crippen LogP contribution in [0.25, 0.3) is 0 Å². The summed E-state index contributed by atoms with van der Waals surface area (Å²) >= 11 is 0. The maximum absolute atomic E-state index is 13.8. The quantitative estimate of drug-likeness (QED) is 0.0512. The maximum atomic E-state index is 13.8. The minimum Gasteiger partial charge on any atom is -0.464 e. The van der Waals surface area contributed by atoms with Crippen molar-refractivity contribution >= 4 is 11.9 Å². The largest absolute Gasteiger partial charge is 0.464 e. The van der Waals surface area contributed by atoms with Gasteiger partial charge in [-0.3, -0.25) is 9.69 Å². The number of likely N-dealkylation sites (tertiary alicyclic amines) is 1. The Hall–Kier alpha value is -1.10. The monoisotopic (exact) mass is 747 g/mol. The smallest absolute Gasteiger partial charge is 0.331 e. The molecule has 0 atom stereocenters. The molecule has 0 bridgehead atoms. The van der Waals surface area contributed by atoms with Crippen molar-refractivity contribution in [3.8, 4) is 0 Å². The number of ether oxygens (including phenoxy) is 1. The summed E-state index contributed by atoms with van der Waals surface area (Å²) in [5.74, 6) is -0.390. The van der Waals surface area contributed by atoms with Crippen molar-refractivity contribution in [2.24, 2.45) is 0 Å². The van der Waals surface area contributed by atoms with E-state index in [0.29, 0.717) is 19.4 Å². The third kappa shape index (κ3) is 24.2. The van der Waals surface area contributed by atoms with Crippen LogP contribution in [0.4, 0.5) is 0 Å². The minimum absolute atomic E-state index is 0.151. The van der Waals surface area contributed by atoms with E-state index in [2.05, 4.69) is 51.8 Å². The van der Waals surface area contributed by atoms with Crippen LogP contribution in [0.1, 0.15) is 267 Å². The maximum Gasteiger partial charge on any atom is 0.331 e. The molecule has 1 amide bonds. The number of nitrogens with one attached hydrogen (secondary N) is 1. The van der Waals surface area contributed by atoms with Crippen molar-refractivity contribution in [3.63, 3.8) is 0 Å². The molecular weight excluding hydrogens is 653 g/mol. The second kappa shape index (κ2) is 31.0. The molecule has 1 fully saturated rings. The highest BCUT2D eigenvalue weighted by molar-refractivity contribution is 5.87. The molecule has 0 unspecified atom stereocenters. The number of carbonyl (C=O) groups is 2. The van der Waals surface area contributed by atoms with Crippen molar-refractivity contribution in [3.05, 3.63) is 0 Å². The molecule has 0 spiro atoms. The Morgan fingerprint density at radius 1 is 0.472 bits per heavy atom. The first kappa shape index (κ1) is 49.9. The lowest BCUT2D eigenvalue weighted by Crippen LogP contribution is -2.72. The molecule has 1 aliphatic rings. The van der Waals surface area contributed by atoms with E-state index in [4.69, 9.17) is 4.74 Å². The third-order valence-corrected chi connectivity index (χ3v) is 12.2. The average molecular weight is 747 g/mol. The molecule has 1 rings (SSSR count). The lowest BCUT2D eigenvalue weighted by atomic mass is 9.68. The lowest BCUT2D eigenvalue weighted by Gasteiger charge is -2.58. The molecule has 1 aliphatic heterocycles. The summed E-state index contributed by atoms with van der Waals surface area (Å²) in [5, 5.41) is 3.12. The molecule has 1 saturated heterocycles. The van der Waals surface area contributed by atoms with Gasteiger partial charge in [0.1, 0.15) is 5.54 Å². The van der Waals surface area contributed by atoms with E-state index in [9.17, 15) is 9.59 Å². The van der Waals surface area contributed by atoms with E-state index in [1.807, 2.05) is 0 Å². The molecule has 0 aromatic rings. The number of esters is 1. The molecule has 53 heavy (non-hydrogen) atoms. The van der Waals surface area contributed by atoms with Crippen LogP contribution in [0, 0.1) is 0 Å². The molecule has 314 valence electrons. The first-order chi connectivity index (χ1) is 25.5. The van der Waals surface area contributed by atoms with Crippen LogP contribution in [0.2, 0.25) is 0 Å². The summed E-state index contributed by atoms with van der Waals surface area (Å²) < 4.78 is 5.95. The van der Waals surface area contributed by atoms with Crippen LogP contribution in [-0.2, 0) is 14.3 Å². The summed E-state index contributed by atoms with van der Waals surface area (Å²) in [6.45, 7) is 16.6. The van der Waals surface area contributed by atoms with Gasteiger partial charge >= 0.3 is 5.97 Å². The van der Waals surface area contributed by atoms with Gasteiger partial charge in [0.05, 0.1) is 6.61 Å². The zero-order chi connectivity index (χ0) is 39.1. The van der Waals surface area contributed by atoms with Crippen LogP contribution < -0.4 is 5.32 Å². The summed E-state index contributed by atoms with van der Waals surface area (Å²) in [5.41, 5.74) is -1.43.